The molecular formula is C16H21BrN2O2. The molecule has 5 heteroatoms. The van der Waals surface area contributed by atoms with Crippen molar-refractivity contribution in [1.82, 2.24) is 4.90 Å². The Hall–Kier alpha value is -1.33. The van der Waals surface area contributed by atoms with Crippen LogP contribution in [0.5, 0.6) is 0 Å². The standard InChI is InChI=1S/C16H21BrN2O2/c1-18-9-7-13(8-10-18)19(2)15-5-3-12(11-14(15)17)4-6-16(20)21/h3-6,11,13H,7-10H2,1-2H3,(H,20,21)/b6-4+. The van der Waals surface area contributed by atoms with Crippen molar-refractivity contribution in [2.45, 2.75) is 18.9 Å². The van der Waals surface area contributed by atoms with E-state index in [0.717, 1.165) is 34.9 Å². The molecule has 0 aliphatic carbocycles. The molecule has 0 aromatic heterocycles. The van der Waals surface area contributed by atoms with Crippen molar-refractivity contribution in [3.63, 3.8) is 0 Å². The van der Waals surface area contributed by atoms with E-state index in [1.165, 1.54) is 12.8 Å². The number of aliphatic carboxylic acids is 1. The van der Waals surface area contributed by atoms with E-state index in [2.05, 4.69) is 39.8 Å². The first-order valence-electron chi connectivity index (χ1n) is 7.09. The molecule has 0 bridgehead atoms. The van der Waals surface area contributed by atoms with E-state index >= 15 is 0 Å². The molecule has 21 heavy (non-hydrogen) atoms. The van der Waals surface area contributed by atoms with Gasteiger partial charge in [0, 0.05) is 23.6 Å². The van der Waals surface area contributed by atoms with Gasteiger partial charge in [-0.3, -0.25) is 0 Å². The number of nitrogens with zero attached hydrogens (tertiary/aromatic N) is 2. The van der Waals surface area contributed by atoms with Gasteiger partial charge in [0.15, 0.2) is 0 Å². The van der Waals surface area contributed by atoms with Crippen LogP contribution in [0.1, 0.15) is 18.4 Å². The highest BCUT2D eigenvalue weighted by Crippen LogP contribution is 2.30. The number of rotatable bonds is 4. The van der Waals surface area contributed by atoms with Crippen molar-refractivity contribution in [3.05, 3.63) is 34.3 Å². The number of hydrogen-bond donors (Lipinski definition) is 1. The first-order valence-corrected chi connectivity index (χ1v) is 7.88. The zero-order valence-electron chi connectivity index (χ0n) is 12.4. The van der Waals surface area contributed by atoms with Crippen LogP contribution >= 0.6 is 15.9 Å². The molecule has 0 amide bonds. The highest BCUT2D eigenvalue weighted by atomic mass is 79.9. The summed E-state index contributed by atoms with van der Waals surface area (Å²) in [4.78, 5) is 15.2. The molecule has 0 radical (unpaired) electrons. The highest BCUT2D eigenvalue weighted by Gasteiger charge is 2.21. The maximum absolute atomic E-state index is 10.6. The van der Waals surface area contributed by atoms with E-state index in [-0.39, 0.29) is 0 Å². The summed E-state index contributed by atoms with van der Waals surface area (Å²) < 4.78 is 0.997. The van der Waals surface area contributed by atoms with Gasteiger partial charge in [-0.2, -0.15) is 0 Å². The molecule has 4 nitrogen and oxygen atoms in total. The van der Waals surface area contributed by atoms with Crippen molar-refractivity contribution < 1.29 is 9.90 Å². The van der Waals surface area contributed by atoms with E-state index in [9.17, 15) is 4.79 Å². The monoisotopic (exact) mass is 352 g/mol. The molecule has 1 aromatic rings. The third-order valence-corrected chi connectivity index (χ3v) is 4.64. The third kappa shape index (κ3) is 4.32. The molecule has 1 N–H and O–H groups in total. The highest BCUT2D eigenvalue weighted by molar-refractivity contribution is 9.10. The SMILES string of the molecule is CN1CCC(N(C)c2ccc(/C=C/C(=O)O)cc2Br)CC1. The molecule has 1 aliphatic rings. The number of benzene rings is 1. The first kappa shape index (κ1) is 16.0. The second-order valence-corrected chi connectivity index (χ2v) is 6.38. The van der Waals surface area contributed by atoms with Gasteiger partial charge in [0.1, 0.15) is 0 Å². The summed E-state index contributed by atoms with van der Waals surface area (Å²) in [6.45, 7) is 2.26. The summed E-state index contributed by atoms with van der Waals surface area (Å²) in [7, 11) is 4.29. The van der Waals surface area contributed by atoms with Crippen LogP contribution in [0.15, 0.2) is 28.7 Å². The van der Waals surface area contributed by atoms with Gasteiger partial charge in [0.2, 0.25) is 0 Å². The fourth-order valence-corrected chi connectivity index (χ4v) is 3.34. The molecule has 1 fully saturated rings. The smallest absolute Gasteiger partial charge is 0.328 e. The van der Waals surface area contributed by atoms with Crippen LogP contribution in [0.2, 0.25) is 0 Å². The Bertz CT molecular complexity index is 537. The van der Waals surface area contributed by atoms with Crippen LogP contribution in [-0.2, 0) is 4.79 Å². The molecule has 0 saturated carbocycles. The predicted octanol–water partition coefficient (Wildman–Crippen LogP) is 3.08. The normalized spacial score (nSPS) is 17.3. The molecule has 0 spiro atoms. The maximum Gasteiger partial charge on any atom is 0.328 e. The Balaban J connectivity index is 2.11. The lowest BCUT2D eigenvalue weighted by Crippen LogP contribution is -2.42. The van der Waals surface area contributed by atoms with Crippen LogP contribution in [0.4, 0.5) is 5.69 Å². The summed E-state index contributed by atoms with van der Waals surface area (Å²) in [5, 5.41) is 8.67. The quantitative estimate of drug-likeness (QED) is 0.845. The van der Waals surface area contributed by atoms with E-state index < -0.39 is 5.97 Å². The Labute approximate surface area is 134 Å². The molecule has 114 valence electrons. The molecule has 1 aliphatic heterocycles. The molecule has 0 unspecified atom stereocenters. The largest absolute Gasteiger partial charge is 0.478 e. The molecule has 1 aromatic carbocycles. The molecule has 0 atom stereocenters. The van der Waals surface area contributed by atoms with Gasteiger partial charge in [-0.1, -0.05) is 6.07 Å². The van der Waals surface area contributed by atoms with Crippen LogP contribution in [0.25, 0.3) is 6.08 Å². The minimum Gasteiger partial charge on any atom is -0.478 e. The average Bonchev–Trinajstić information content (AvgIpc) is 2.45. The molecule has 1 saturated heterocycles. The summed E-state index contributed by atoms with van der Waals surface area (Å²) >= 11 is 3.60. The fraction of sp³-hybridized carbons (Fsp3) is 0.438. The summed E-state index contributed by atoms with van der Waals surface area (Å²) in [6, 6.07) is 6.51. The first-order chi connectivity index (χ1) is 9.97. The number of carboxylic acids is 1. The van der Waals surface area contributed by atoms with E-state index in [1.807, 2.05) is 18.2 Å². The number of hydrogen-bond acceptors (Lipinski definition) is 3. The number of anilines is 1. The second-order valence-electron chi connectivity index (χ2n) is 5.53. The Morgan fingerprint density at radius 3 is 2.67 bits per heavy atom. The van der Waals surface area contributed by atoms with Crippen LogP contribution in [-0.4, -0.2) is 49.2 Å². The van der Waals surface area contributed by atoms with Crippen LogP contribution < -0.4 is 4.90 Å². The minimum atomic E-state index is -0.932. The molecular weight excluding hydrogens is 332 g/mol. The Morgan fingerprint density at radius 1 is 1.43 bits per heavy atom. The Morgan fingerprint density at radius 2 is 2.10 bits per heavy atom. The number of halogens is 1. The van der Waals surface area contributed by atoms with Crippen molar-refractivity contribution in [2.75, 3.05) is 32.1 Å². The Kier molecular flexibility index (Phi) is 5.42. The van der Waals surface area contributed by atoms with Gasteiger partial charge in [-0.25, -0.2) is 4.79 Å². The van der Waals surface area contributed by atoms with Gasteiger partial charge in [-0.15, -0.1) is 0 Å². The van der Waals surface area contributed by atoms with E-state index in [4.69, 9.17) is 5.11 Å². The topological polar surface area (TPSA) is 43.8 Å². The molecule has 1 heterocycles. The summed E-state index contributed by atoms with van der Waals surface area (Å²) in [5.41, 5.74) is 2.03. The number of carboxylic acid groups (broad SMARTS) is 1. The number of carbonyl (C=O) groups is 1. The van der Waals surface area contributed by atoms with Gasteiger partial charge in [0.25, 0.3) is 0 Å². The zero-order valence-corrected chi connectivity index (χ0v) is 14.0. The predicted molar refractivity (Wildman–Crippen MR) is 89.7 cm³/mol. The van der Waals surface area contributed by atoms with E-state index in [1.54, 1.807) is 6.08 Å². The lowest BCUT2D eigenvalue weighted by atomic mass is 10.0. The van der Waals surface area contributed by atoms with Crippen molar-refractivity contribution in [2.24, 2.45) is 0 Å². The van der Waals surface area contributed by atoms with Gasteiger partial charge >= 0.3 is 5.97 Å². The summed E-state index contributed by atoms with van der Waals surface area (Å²) in [5.74, 6) is -0.932. The lowest BCUT2D eigenvalue weighted by molar-refractivity contribution is -0.131. The van der Waals surface area contributed by atoms with Crippen molar-refractivity contribution >= 4 is 33.7 Å². The lowest BCUT2D eigenvalue weighted by Gasteiger charge is -2.36. The van der Waals surface area contributed by atoms with Gasteiger partial charge in [0.05, 0.1) is 5.69 Å². The van der Waals surface area contributed by atoms with Crippen LogP contribution in [0.3, 0.4) is 0 Å². The minimum absolute atomic E-state index is 0.554. The molecule has 2 rings (SSSR count). The average molecular weight is 353 g/mol. The fourth-order valence-electron chi connectivity index (χ4n) is 2.66. The summed E-state index contributed by atoms with van der Waals surface area (Å²) in [6.07, 6.45) is 5.09. The number of piperidine rings is 1. The van der Waals surface area contributed by atoms with Crippen molar-refractivity contribution in [1.29, 1.82) is 0 Å². The van der Waals surface area contributed by atoms with E-state index in [0.29, 0.717) is 6.04 Å². The number of likely N-dealkylation sites (tertiary alicyclic amines) is 1. The maximum atomic E-state index is 10.6. The zero-order chi connectivity index (χ0) is 15.4. The van der Waals surface area contributed by atoms with Crippen LogP contribution in [0, 0.1) is 0 Å². The van der Waals surface area contributed by atoms with Gasteiger partial charge < -0.3 is 14.9 Å². The van der Waals surface area contributed by atoms with Crippen molar-refractivity contribution in [3.8, 4) is 0 Å². The van der Waals surface area contributed by atoms with Gasteiger partial charge in [-0.05, 0) is 72.7 Å². The second kappa shape index (κ2) is 7.09. The third-order valence-electron chi connectivity index (χ3n) is 4.01.